The fourth-order valence-electron chi connectivity index (χ4n) is 3.77. The molecule has 0 spiro atoms. The third-order valence-corrected chi connectivity index (χ3v) is 9.06. The van der Waals surface area contributed by atoms with Crippen LogP contribution in [0.4, 0.5) is 27.9 Å². The van der Waals surface area contributed by atoms with Crippen molar-refractivity contribution < 1.29 is 42.5 Å². The highest BCUT2D eigenvalue weighted by Crippen LogP contribution is 2.37. The number of nitro benzene ring substituents is 2. The number of aromatic nitrogens is 1. The van der Waals surface area contributed by atoms with Crippen molar-refractivity contribution in [3.8, 4) is 0 Å². The minimum Gasteiger partial charge on any atom is -0.480 e. The van der Waals surface area contributed by atoms with Gasteiger partial charge in [-0.3, -0.25) is 29.7 Å². The molecule has 0 aliphatic rings. The number of hydrogen-bond acceptors (Lipinski definition) is 14. The van der Waals surface area contributed by atoms with Crippen LogP contribution in [0.25, 0.3) is 0 Å². The highest BCUT2D eigenvalue weighted by Gasteiger charge is 2.32. The Kier molecular flexibility index (Phi) is 11.4. The molecule has 1 aromatic heterocycles. The molecule has 0 saturated heterocycles. The van der Waals surface area contributed by atoms with Crippen LogP contribution >= 0.6 is 23.1 Å². The van der Waals surface area contributed by atoms with Crippen molar-refractivity contribution in [3.63, 3.8) is 0 Å². The average molecular weight is 683 g/mol. The molecule has 20 heteroatoms. The molecule has 1 heterocycles. The van der Waals surface area contributed by atoms with Crippen LogP contribution in [0.2, 0.25) is 0 Å². The van der Waals surface area contributed by atoms with Gasteiger partial charge in [0, 0.05) is 17.8 Å². The maximum absolute atomic E-state index is 13.0. The van der Waals surface area contributed by atoms with Gasteiger partial charge in [0.2, 0.25) is 0 Å². The molecule has 17 nitrogen and oxygen atoms in total. The SMILES string of the molecule is CCOC(=O)c1sc(NS(=O)(=O)c2ccc(NC(=O)c3cc([N+](=O)[O-])c(NC(CCSC)C(=O)O)c([N+](=O)[O-])c3)cc2)nc1C. The first kappa shape index (κ1) is 34.7. The fraction of sp³-hybridized carbons (Fsp3) is 0.280. The number of benzene rings is 2. The van der Waals surface area contributed by atoms with Crippen LogP contribution in [0.3, 0.4) is 0 Å². The average Bonchev–Trinajstić information content (AvgIpc) is 3.33. The topological polar surface area (TPSA) is 250 Å². The van der Waals surface area contributed by atoms with Gasteiger partial charge in [-0.05, 0) is 56.5 Å². The van der Waals surface area contributed by atoms with Crippen LogP contribution in [0.15, 0.2) is 41.3 Å². The van der Waals surface area contributed by atoms with Crippen LogP contribution in [0.1, 0.15) is 39.1 Å². The summed E-state index contributed by atoms with van der Waals surface area (Å²) in [5, 5.41) is 37.8. The quantitative estimate of drug-likeness (QED) is 0.100. The van der Waals surface area contributed by atoms with Gasteiger partial charge in [0.1, 0.15) is 10.9 Å². The third kappa shape index (κ3) is 8.64. The maximum atomic E-state index is 13.0. The minimum atomic E-state index is -4.18. The van der Waals surface area contributed by atoms with Crippen molar-refractivity contribution in [2.45, 2.75) is 31.2 Å². The number of carboxylic acid groups (broad SMARTS) is 1. The number of carbonyl (C=O) groups excluding carboxylic acids is 2. The van der Waals surface area contributed by atoms with Crippen molar-refractivity contribution in [1.29, 1.82) is 0 Å². The number of amides is 1. The highest BCUT2D eigenvalue weighted by molar-refractivity contribution is 7.98. The van der Waals surface area contributed by atoms with Crippen LogP contribution in [-0.2, 0) is 19.6 Å². The zero-order chi connectivity index (χ0) is 33.5. The monoisotopic (exact) mass is 682 g/mol. The number of nitrogens with one attached hydrogen (secondary N) is 3. The van der Waals surface area contributed by atoms with E-state index in [0.29, 0.717) is 5.75 Å². The Balaban J connectivity index is 1.84. The fourth-order valence-corrected chi connectivity index (χ4v) is 6.33. The van der Waals surface area contributed by atoms with Gasteiger partial charge in [0.25, 0.3) is 27.3 Å². The second-order valence-electron chi connectivity index (χ2n) is 8.96. The molecule has 4 N–H and O–H groups in total. The molecule has 45 heavy (non-hydrogen) atoms. The molecule has 0 fully saturated rings. The standard InChI is InChI=1S/C25H26N6O11S3/c1-4-42-24(35)21-13(2)26-25(44-21)29-45(40,41)16-7-5-15(6-8-16)27-22(32)14-11-18(30(36)37)20(19(12-14)31(38)39)28-17(23(33)34)9-10-43-3/h5-8,11-12,17,28H,4,9-10H2,1-3H3,(H,26,29)(H,27,32)(H,33,34). The number of esters is 1. The van der Waals surface area contributed by atoms with Crippen molar-refractivity contribution in [2.24, 2.45) is 0 Å². The van der Waals surface area contributed by atoms with Gasteiger partial charge < -0.3 is 20.5 Å². The predicted molar refractivity (Wildman–Crippen MR) is 166 cm³/mol. The van der Waals surface area contributed by atoms with Crippen molar-refractivity contribution in [1.82, 2.24) is 4.98 Å². The van der Waals surface area contributed by atoms with E-state index in [1.807, 2.05) is 0 Å². The number of aryl methyl sites for hydroxylation is 1. The van der Waals surface area contributed by atoms with E-state index in [0.717, 1.165) is 35.6 Å². The van der Waals surface area contributed by atoms with Gasteiger partial charge in [0.05, 0.1) is 32.6 Å². The number of sulfonamides is 1. The van der Waals surface area contributed by atoms with E-state index in [4.69, 9.17) is 4.74 Å². The Bertz CT molecular complexity index is 1710. The molecular weight excluding hydrogens is 657 g/mol. The second kappa shape index (κ2) is 14.8. The number of aliphatic carboxylic acids is 1. The van der Waals surface area contributed by atoms with Crippen molar-refractivity contribution >= 4 is 78.8 Å². The third-order valence-electron chi connectivity index (χ3n) is 5.88. The lowest BCUT2D eigenvalue weighted by molar-refractivity contribution is -0.392. The molecule has 1 unspecified atom stereocenters. The smallest absolute Gasteiger partial charge is 0.350 e. The van der Waals surface area contributed by atoms with Gasteiger partial charge in [0.15, 0.2) is 10.8 Å². The number of nitro groups is 2. The zero-order valence-corrected chi connectivity index (χ0v) is 26.2. The summed E-state index contributed by atoms with van der Waals surface area (Å²) in [6.07, 6.45) is 1.72. The summed E-state index contributed by atoms with van der Waals surface area (Å²) < 4.78 is 32.9. The number of anilines is 3. The molecule has 0 bridgehead atoms. The molecule has 0 aliphatic heterocycles. The second-order valence-corrected chi connectivity index (χ2v) is 12.6. The molecule has 1 amide bonds. The Hall–Kier alpha value is -4.82. The van der Waals surface area contributed by atoms with E-state index in [9.17, 15) is 48.1 Å². The van der Waals surface area contributed by atoms with Gasteiger partial charge >= 0.3 is 11.9 Å². The van der Waals surface area contributed by atoms with E-state index in [-0.39, 0.29) is 39.3 Å². The number of thioether (sulfide) groups is 1. The molecule has 240 valence electrons. The van der Waals surface area contributed by atoms with Crippen molar-refractivity contribution in [2.75, 3.05) is 34.0 Å². The zero-order valence-electron chi connectivity index (χ0n) is 23.8. The van der Waals surface area contributed by atoms with Crippen LogP contribution < -0.4 is 15.4 Å². The summed E-state index contributed by atoms with van der Waals surface area (Å²) in [4.78, 5) is 62.2. The first-order valence-corrected chi connectivity index (χ1v) is 16.4. The lowest BCUT2D eigenvalue weighted by Crippen LogP contribution is -2.30. The Morgan fingerprint density at radius 2 is 1.71 bits per heavy atom. The Labute approximate surface area is 263 Å². The molecule has 0 aliphatic carbocycles. The summed E-state index contributed by atoms with van der Waals surface area (Å²) in [7, 11) is -4.18. The number of rotatable bonds is 15. The van der Waals surface area contributed by atoms with Crippen LogP contribution in [0, 0.1) is 27.2 Å². The van der Waals surface area contributed by atoms with E-state index in [2.05, 4.69) is 20.3 Å². The minimum absolute atomic E-state index is 0.00634. The number of carbonyl (C=O) groups is 3. The largest absolute Gasteiger partial charge is 0.480 e. The van der Waals surface area contributed by atoms with Gasteiger partial charge in [-0.1, -0.05) is 11.3 Å². The van der Waals surface area contributed by atoms with E-state index < -0.39 is 66.4 Å². The Morgan fingerprint density at radius 1 is 1.11 bits per heavy atom. The first-order chi connectivity index (χ1) is 21.2. The Morgan fingerprint density at radius 3 is 2.22 bits per heavy atom. The summed E-state index contributed by atoms with van der Waals surface area (Å²) >= 11 is 2.10. The van der Waals surface area contributed by atoms with Gasteiger partial charge in [-0.2, -0.15) is 11.8 Å². The van der Waals surface area contributed by atoms with Gasteiger partial charge in [-0.15, -0.1) is 0 Å². The predicted octanol–water partition coefficient (Wildman–Crippen LogP) is 4.12. The maximum Gasteiger partial charge on any atom is 0.350 e. The van der Waals surface area contributed by atoms with Crippen LogP contribution in [-0.4, -0.2) is 70.9 Å². The van der Waals surface area contributed by atoms with Gasteiger partial charge in [-0.25, -0.2) is 23.0 Å². The summed E-state index contributed by atoms with van der Waals surface area (Å²) in [5.74, 6) is -2.67. The van der Waals surface area contributed by atoms with E-state index >= 15 is 0 Å². The number of ether oxygens (including phenoxy) is 1. The molecule has 2 aromatic carbocycles. The summed E-state index contributed by atoms with van der Waals surface area (Å²) in [6.45, 7) is 3.27. The summed E-state index contributed by atoms with van der Waals surface area (Å²) in [6, 6.07) is 4.87. The molecule has 3 rings (SSSR count). The molecule has 3 aromatic rings. The number of nitrogens with zero attached hydrogens (tertiary/aromatic N) is 3. The summed E-state index contributed by atoms with van der Waals surface area (Å²) in [5.41, 5.74) is -2.60. The number of thiazole rings is 1. The normalized spacial score (nSPS) is 11.7. The lowest BCUT2D eigenvalue weighted by atomic mass is 10.1. The van der Waals surface area contributed by atoms with E-state index in [1.165, 1.54) is 30.8 Å². The first-order valence-electron chi connectivity index (χ1n) is 12.7. The van der Waals surface area contributed by atoms with Crippen LogP contribution in [0.5, 0.6) is 0 Å². The molecule has 0 radical (unpaired) electrons. The lowest BCUT2D eigenvalue weighted by Gasteiger charge is -2.16. The van der Waals surface area contributed by atoms with E-state index in [1.54, 1.807) is 13.2 Å². The van der Waals surface area contributed by atoms with Crippen molar-refractivity contribution in [3.05, 3.63) is 72.8 Å². The molecule has 1 atom stereocenters. The number of carboxylic acids is 1. The highest BCUT2D eigenvalue weighted by atomic mass is 32.2. The molecule has 0 saturated carbocycles. The number of hydrogen-bond donors (Lipinski definition) is 4. The molecular formula is C25H26N6O11S3.